The third kappa shape index (κ3) is 22.1. The van der Waals surface area contributed by atoms with Crippen LogP contribution in [0.4, 0.5) is 0 Å². The molecule has 520 valence electrons. The van der Waals surface area contributed by atoms with Gasteiger partial charge < -0.3 is 60.7 Å². The molecule has 5 N–H and O–H groups in total. The van der Waals surface area contributed by atoms with Crippen molar-refractivity contribution >= 4 is 65.0 Å². The number of carbonyl (C=O) groups excluding carboxylic acids is 11. The van der Waals surface area contributed by atoms with Crippen molar-refractivity contribution in [2.75, 3.05) is 49.3 Å². The monoisotopic (exact) mass is 1290 g/mol. The van der Waals surface area contributed by atoms with Gasteiger partial charge in [-0.2, -0.15) is 0 Å². The Labute approximate surface area is 550 Å². The third-order valence-corrected chi connectivity index (χ3v) is 17.7. The highest BCUT2D eigenvalue weighted by Crippen LogP contribution is 2.27. The molecule has 1 heterocycles. The summed E-state index contributed by atoms with van der Waals surface area (Å²) in [7, 11) is 9.82. The second kappa shape index (κ2) is 36.5. The van der Waals surface area contributed by atoms with Gasteiger partial charge in [0.15, 0.2) is 0 Å². The molecule has 1 aliphatic rings. The van der Waals surface area contributed by atoms with E-state index >= 15 is 19.2 Å². The summed E-state index contributed by atoms with van der Waals surface area (Å²) in [4.78, 5) is 170. The van der Waals surface area contributed by atoms with Crippen LogP contribution in [-0.4, -0.2) is 220 Å². The Balaban J connectivity index is 3.01. The highest BCUT2D eigenvalue weighted by molar-refractivity contribution is 6.02. The molecule has 0 bridgehead atoms. The van der Waals surface area contributed by atoms with Gasteiger partial charge in [0.1, 0.15) is 66.1 Å². The van der Waals surface area contributed by atoms with Crippen molar-refractivity contribution in [3.8, 4) is 0 Å². The zero-order valence-electron chi connectivity index (χ0n) is 60.1. The first-order valence-electron chi connectivity index (χ1n) is 33.1. The topological polar surface area (TPSA) is 279 Å². The van der Waals surface area contributed by atoms with Crippen LogP contribution in [0.3, 0.4) is 0 Å². The molecule has 0 spiro atoms. The molecule has 1 aromatic rings. The van der Waals surface area contributed by atoms with Gasteiger partial charge in [0.05, 0.1) is 6.10 Å². The smallest absolute Gasteiger partial charge is 0.270 e. The largest absolute Gasteiger partial charge is 0.390 e. The number of aliphatic hydroxyl groups is 1. The fourth-order valence-corrected chi connectivity index (χ4v) is 11.8. The van der Waals surface area contributed by atoms with Gasteiger partial charge in [-0.3, -0.25) is 52.7 Å². The number of nitrogens with one attached hydrogen (secondary N) is 4. The Morgan fingerprint density at radius 3 is 1.36 bits per heavy atom. The van der Waals surface area contributed by atoms with Gasteiger partial charge in [-0.15, -0.1) is 0 Å². The van der Waals surface area contributed by atoms with Crippen molar-refractivity contribution in [2.45, 2.75) is 236 Å². The minimum absolute atomic E-state index is 0.0275. The number of likely N-dealkylation sites (N-methyl/N-ethyl adjacent to an activating group) is 7. The Morgan fingerprint density at radius 1 is 0.467 bits per heavy atom. The van der Waals surface area contributed by atoms with E-state index in [0.29, 0.717) is 19.3 Å². The van der Waals surface area contributed by atoms with Gasteiger partial charge in [-0.1, -0.05) is 133 Å². The average Bonchev–Trinajstić information content (AvgIpc) is 0.821. The summed E-state index contributed by atoms with van der Waals surface area (Å²) in [5.74, 6) is -10.2. The molecule has 23 nitrogen and oxygen atoms in total. The summed E-state index contributed by atoms with van der Waals surface area (Å²) in [6.07, 6.45) is 0.678. The number of aryl methyl sites for hydroxylation is 2. The van der Waals surface area contributed by atoms with Gasteiger partial charge in [0, 0.05) is 49.3 Å². The number of benzene rings is 1. The lowest BCUT2D eigenvalue weighted by atomic mass is 9.89. The highest BCUT2D eigenvalue weighted by Gasteiger charge is 2.46. The molecule has 12 atom stereocenters. The Hall–Kier alpha value is -6.91. The first kappa shape index (κ1) is 81.2. The molecular formula is C69H117N11O12. The maximum absolute atomic E-state index is 15.4. The highest BCUT2D eigenvalue weighted by atomic mass is 16.3. The molecule has 1 aromatic carbocycles. The van der Waals surface area contributed by atoms with Crippen LogP contribution >= 0.6 is 0 Å². The molecule has 1 saturated heterocycles. The molecule has 92 heavy (non-hydrogen) atoms. The van der Waals surface area contributed by atoms with E-state index in [-0.39, 0.29) is 61.5 Å². The van der Waals surface area contributed by atoms with E-state index in [1.807, 2.05) is 86.6 Å². The summed E-state index contributed by atoms with van der Waals surface area (Å²) < 4.78 is 0. The molecule has 0 aromatic heterocycles. The molecular weight excluding hydrogens is 1170 g/mol. The third-order valence-electron chi connectivity index (χ3n) is 17.7. The van der Waals surface area contributed by atoms with Crippen LogP contribution in [0.5, 0.6) is 0 Å². The number of rotatable bonds is 17. The van der Waals surface area contributed by atoms with Crippen LogP contribution in [0.25, 0.3) is 0 Å². The van der Waals surface area contributed by atoms with Crippen molar-refractivity contribution in [2.24, 2.45) is 41.4 Å². The van der Waals surface area contributed by atoms with Crippen LogP contribution in [0.2, 0.25) is 0 Å². The van der Waals surface area contributed by atoms with E-state index in [4.69, 9.17) is 0 Å². The summed E-state index contributed by atoms with van der Waals surface area (Å²) in [6.45, 7) is 34.0. The molecule has 23 heteroatoms. The predicted octanol–water partition coefficient (Wildman–Crippen LogP) is 5.15. The van der Waals surface area contributed by atoms with E-state index < -0.39 is 149 Å². The molecule has 0 radical (unpaired) electrons. The lowest BCUT2D eigenvalue weighted by Gasteiger charge is -2.41. The quantitative estimate of drug-likeness (QED) is 0.127. The van der Waals surface area contributed by atoms with E-state index in [2.05, 4.69) is 27.8 Å². The Kier molecular flexibility index (Phi) is 32.2. The Morgan fingerprint density at radius 2 is 0.891 bits per heavy atom. The van der Waals surface area contributed by atoms with Crippen molar-refractivity contribution in [1.29, 1.82) is 0 Å². The SMILES string of the molecule is C=C1C(=O)N(C)[C@@H](CC(C)C)C(=O)N[C@@H](C(C)C)C(=O)N(C)[C@@H](CC(C)C)C(=O)N[C@@H](C)C(=O)N[C@H](C)C(=O)N(C)[C@@H](CC(C)C)C(=O)N(C)[C@@H](CC(C)C)C(=O)N(C)[C@@H](C(C)C)C(=O)N(C)[C@@H]([C@H](O)[C@H](C)CCCc2ccc(C)cc2)C(=O)N[C@@H](CC)C(=O)N1C. The van der Waals surface area contributed by atoms with Gasteiger partial charge in [-0.05, 0) is 119 Å². The Bertz CT molecular complexity index is 2710. The molecule has 11 amide bonds. The fraction of sp³-hybridized carbons (Fsp3) is 0.725. The van der Waals surface area contributed by atoms with E-state index in [9.17, 15) is 38.7 Å². The summed E-state index contributed by atoms with van der Waals surface area (Å²) in [6, 6.07) is -4.58. The summed E-state index contributed by atoms with van der Waals surface area (Å²) >= 11 is 0. The fourth-order valence-electron chi connectivity index (χ4n) is 11.8. The van der Waals surface area contributed by atoms with Gasteiger partial charge >= 0.3 is 0 Å². The zero-order chi connectivity index (χ0) is 70.8. The number of carbonyl (C=O) groups is 11. The van der Waals surface area contributed by atoms with E-state index in [1.54, 1.807) is 41.5 Å². The lowest BCUT2D eigenvalue weighted by Crippen LogP contribution is -2.63. The normalized spacial score (nSPS) is 25.7. The number of amides is 11. The van der Waals surface area contributed by atoms with E-state index in [0.717, 1.165) is 25.8 Å². The molecule has 0 aliphatic carbocycles. The second-order valence-electron chi connectivity index (χ2n) is 28.2. The first-order chi connectivity index (χ1) is 42.5. The summed E-state index contributed by atoms with van der Waals surface area (Å²) in [5.41, 5.74) is 1.82. The maximum atomic E-state index is 15.4. The minimum atomic E-state index is -1.64. The van der Waals surface area contributed by atoms with Crippen LogP contribution in [0.15, 0.2) is 36.5 Å². The molecule has 1 aliphatic heterocycles. The van der Waals surface area contributed by atoms with Crippen LogP contribution < -0.4 is 21.3 Å². The molecule has 0 saturated carbocycles. The minimum Gasteiger partial charge on any atom is -0.390 e. The summed E-state index contributed by atoms with van der Waals surface area (Å²) in [5, 5.41) is 23.5. The number of hydrogen-bond acceptors (Lipinski definition) is 12. The molecule has 1 fully saturated rings. The van der Waals surface area contributed by atoms with E-state index in [1.165, 1.54) is 82.8 Å². The standard InChI is InChI=1S/C69H117N11O12/c1-26-50-65(88)74(19)48(18)64(87)75(20)52(35-39(4)5)61(84)73-55(42(10)11)68(91)76(21)51(34-38(2)3)60(83)70-46(16)59(82)71-47(17)63(86)77(22)53(36-40(6)7)66(89)78(23)54(37-41(8)9)67(90)79(24)56(43(12)13)69(92)80(25)57(62(85)72-50)58(81)45(15)28-27-29-49-32-30-44(14)31-33-49/h30-33,38-43,45-47,50-58,81H,18,26-29,34-37H2,1-17,19-25H3,(H,70,83)(H,71,82)(H,72,85)(H,73,84)/t45-,46+,47-,50+,51+,52+,53+,54+,55+,56+,57+,58-/m1/s1. The van der Waals surface area contributed by atoms with Crippen molar-refractivity contribution in [1.82, 2.24) is 55.6 Å². The van der Waals surface area contributed by atoms with Gasteiger partial charge in [0.25, 0.3) is 5.91 Å². The second-order valence-corrected chi connectivity index (χ2v) is 28.2. The lowest BCUT2D eigenvalue weighted by molar-refractivity contribution is -0.157. The maximum Gasteiger partial charge on any atom is 0.270 e. The van der Waals surface area contributed by atoms with Crippen molar-refractivity contribution in [3.05, 3.63) is 47.7 Å². The van der Waals surface area contributed by atoms with Crippen LogP contribution in [0, 0.1) is 48.3 Å². The van der Waals surface area contributed by atoms with Crippen molar-refractivity contribution < 1.29 is 57.8 Å². The molecule has 2 rings (SSSR count). The average molecular weight is 1290 g/mol. The van der Waals surface area contributed by atoms with Crippen LogP contribution in [0.1, 0.15) is 167 Å². The van der Waals surface area contributed by atoms with Crippen molar-refractivity contribution in [3.63, 3.8) is 0 Å². The molecule has 0 unspecified atom stereocenters. The zero-order valence-corrected chi connectivity index (χ0v) is 60.1. The van der Waals surface area contributed by atoms with Crippen LogP contribution in [-0.2, 0) is 59.2 Å². The van der Waals surface area contributed by atoms with Gasteiger partial charge in [-0.25, -0.2) is 0 Å². The number of hydrogen-bond donors (Lipinski definition) is 5. The predicted molar refractivity (Wildman–Crippen MR) is 357 cm³/mol. The number of nitrogens with zero attached hydrogens (tertiary/aromatic N) is 7. The first-order valence-corrected chi connectivity index (χ1v) is 33.1. The van der Waals surface area contributed by atoms with Gasteiger partial charge in [0.2, 0.25) is 59.1 Å². The number of aliphatic hydroxyl groups excluding tert-OH is 1.